The van der Waals surface area contributed by atoms with Crippen molar-refractivity contribution in [3.05, 3.63) is 0 Å². The summed E-state index contributed by atoms with van der Waals surface area (Å²) in [5.74, 6) is -4.61. The second-order valence-corrected chi connectivity index (χ2v) is 2.28. The number of ether oxygens (including phenoxy) is 1. The van der Waals surface area contributed by atoms with Crippen molar-refractivity contribution in [1.82, 2.24) is 0 Å². The number of carboxylic acid groups (broad SMARTS) is 1. The predicted octanol–water partition coefficient (Wildman–Crippen LogP) is -1.55. The maximum Gasteiger partial charge on any atom is 0.372 e. The fourth-order valence-electron chi connectivity index (χ4n) is 0.542. The van der Waals surface area contributed by atoms with Crippen LogP contribution in [0.2, 0.25) is 0 Å². The molecule has 0 heterocycles. The van der Waals surface area contributed by atoms with Crippen molar-refractivity contribution in [1.29, 1.82) is 0 Å². The highest BCUT2D eigenvalue weighted by Crippen LogP contribution is 1.94. The summed E-state index contributed by atoms with van der Waals surface area (Å²) >= 11 is 0. The first-order valence-electron chi connectivity index (χ1n) is 3.67. The normalized spacial score (nSPS) is 9.21. The second-order valence-electron chi connectivity index (χ2n) is 2.28. The lowest BCUT2D eigenvalue weighted by atomic mass is 10.2. The molecule has 0 spiro atoms. The Bertz CT molecular complexity index is 271. The molecule has 0 saturated carbocycles. The van der Waals surface area contributed by atoms with Crippen LogP contribution in [0.3, 0.4) is 0 Å². The molecule has 0 aliphatic rings. The zero-order valence-corrected chi connectivity index (χ0v) is 7.19. The van der Waals surface area contributed by atoms with E-state index in [1.54, 1.807) is 0 Å². The molecule has 78 valence electrons. The zero-order chi connectivity index (χ0) is 11.1. The van der Waals surface area contributed by atoms with Crippen molar-refractivity contribution >= 4 is 23.7 Å². The lowest BCUT2D eigenvalue weighted by Crippen LogP contribution is -2.22. The molecule has 0 unspecified atom stereocenters. The Morgan fingerprint density at radius 2 is 1.64 bits per heavy atom. The number of aliphatic carboxylic acids is 1. The first kappa shape index (κ1) is 12.2. The van der Waals surface area contributed by atoms with Crippen LogP contribution >= 0.6 is 0 Å². The molecule has 0 radical (unpaired) electrons. The van der Waals surface area contributed by atoms with E-state index < -0.39 is 43.1 Å². The second kappa shape index (κ2) is 5.81. The average Bonchev–Trinajstić information content (AvgIpc) is 2.13. The van der Waals surface area contributed by atoms with Crippen molar-refractivity contribution in [2.45, 2.75) is 12.8 Å². The van der Waals surface area contributed by atoms with Gasteiger partial charge in [0.15, 0.2) is 0 Å². The summed E-state index contributed by atoms with van der Waals surface area (Å²) in [6.07, 6.45) is -0.942. The van der Waals surface area contributed by atoms with Crippen LogP contribution in [0.25, 0.3) is 0 Å². The first-order chi connectivity index (χ1) is 6.47. The van der Waals surface area contributed by atoms with E-state index in [-0.39, 0.29) is 0 Å². The molecule has 0 aliphatic heterocycles. The molecule has 0 aliphatic carbocycles. The largest absolute Gasteiger partial charge is 0.476 e. The number of Topliss-reactive ketones (excluding diaryl/α,β-unsaturated/α-hetero) is 1. The van der Waals surface area contributed by atoms with E-state index in [4.69, 9.17) is 10.8 Å². The minimum atomic E-state index is -1.62. The Labute approximate surface area is 78.8 Å². The molecule has 3 N–H and O–H groups in total. The molecule has 0 fully saturated rings. The Hall–Kier alpha value is -1.76. The number of hydrogen-bond acceptors (Lipinski definition) is 6. The fraction of sp³-hybridized carbons (Fsp3) is 0.429. The molecule has 0 aromatic rings. The molecular formula is C7H9NO6. The molecule has 0 aromatic carbocycles. The molecule has 0 amide bonds. The highest BCUT2D eigenvalue weighted by atomic mass is 16.6. The number of carbonyl (C=O) groups is 4. The lowest BCUT2D eigenvalue weighted by Gasteiger charge is -1.98. The predicted molar refractivity (Wildman–Crippen MR) is 42.0 cm³/mol. The Kier molecular flexibility index (Phi) is 5.08. The molecule has 0 saturated heterocycles. The molecule has 7 nitrogen and oxygen atoms in total. The van der Waals surface area contributed by atoms with Crippen molar-refractivity contribution in [2.75, 3.05) is 6.54 Å². The Morgan fingerprint density at radius 3 is 2.07 bits per heavy atom. The molecule has 0 aromatic heterocycles. The van der Waals surface area contributed by atoms with Gasteiger partial charge in [-0.1, -0.05) is 0 Å². The van der Waals surface area contributed by atoms with Gasteiger partial charge in [-0.15, -0.1) is 0 Å². The van der Waals surface area contributed by atoms with Crippen molar-refractivity contribution < 1.29 is 29.0 Å². The fourth-order valence-corrected chi connectivity index (χ4v) is 0.542. The monoisotopic (exact) mass is 203 g/mol. The summed E-state index contributed by atoms with van der Waals surface area (Å²) in [7, 11) is 0. The van der Waals surface area contributed by atoms with Gasteiger partial charge >= 0.3 is 17.9 Å². The van der Waals surface area contributed by atoms with Gasteiger partial charge in [-0.3, -0.25) is 14.4 Å². The van der Waals surface area contributed by atoms with Crippen LogP contribution in [0.5, 0.6) is 0 Å². The minimum absolute atomic E-state index is 0.446. The Morgan fingerprint density at radius 1 is 1.07 bits per heavy atom. The van der Waals surface area contributed by atoms with Crippen LogP contribution in [0.15, 0.2) is 0 Å². The average molecular weight is 203 g/mol. The summed E-state index contributed by atoms with van der Waals surface area (Å²) in [6, 6.07) is 0. The SMILES string of the molecule is NCC(=O)OC(=O)CCC(=O)C(=O)O. The van der Waals surface area contributed by atoms with Crippen LogP contribution in [0.1, 0.15) is 12.8 Å². The number of hydrogen-bond donors (Lipinski definition) is 2. The molecule has 7 heteroatoms. The topological polar surface area (TPSA) is 124 Å². The highest BCUT2D eigenvalue weighted by molar-refractivity contribution is 6.32. The lowest BCUT2D eigenvalue weighted by molar-refractivity contribution is -0.159. The summed E-state index contributed by atoms with van der Waals surface area (Å²) in [6.45, 7) is -0.446. The van der Waals surface area contributed by atoms with Crippen LogP contribution in [-0.4, -0.2) is 35.3 Å². The van der Waals surface area contributed by atoms with Crippen LogP contribution < -0.4 is 5.73 Å². The van der Waals surface area contributed by atoms with E-state index in [1.165, 1.54) is 0 Å². The van der Waals surface area contributed by atoms with Crippen LogP contribution in [0, 0.1) is 0 Å². The van der Waals surface area contributed by atoms with Gasteiger partial charge in [0.1, 0.15) is 0 Å². The smallest absolute Gasteiger partial charge is 0.372 e. The summed E-state index contributed by atoms with van der Waals surface area (Å²) in [5, 5.41) is 8.13. The van der Waals surface area contributed by atoms with Gasteiger partial charge in [-0.25, -0.2) is 4.79 Å². The van der Waals surface area contributed by atoms with Gasteiger partial charge in [0, 0.05) is 6.42 Å². The van der Waals surface area contributed by atoms with E-state index in [0.717, 1.165) is 0 Å². The van der Waals surface area contributed by atoms with E-state index >= 15 is 0 Å². The van der Waals surface area contributed by atoms with Gasteiger partial charge < -0.3 is 15.6 Å². The molecule has 14 heavy (non-hydrogen) atoms. The van der Waals surface area contributed by atoms with E-state index in [0.29, 0.717) is 0 Å². The number of rotatable bonds is 5. The minimum Gasteiger partial charge on any atom is -0.476 e. The highest BCUT2D eigenvalue weighted by Gasteiger charge is 2.15. The van der Waals surface area contributed by atoms with Gasteiger partial charge in [0.2, 0.25) is 5.78 Å². The standard InChI is InChI=1S/C7H9NO6/c8-3-6(11)14-5(10)2-1-4(9)7(12)13/h1-3,8H2,(H,12,13). The summed E-state index contributed by atoms with van der Waals surface area (Å²) in [4.78, 5) is 41.6. The third-order valence-electron chi connectivity index (χ3n) is 1.19. The molecule has 0 rings (SSSR count). The molecule has 0 atom stereocenters. The molecule has 0 bridgehead atoms. The Balaban J connectivity index is 3.80. The quantitative estimate of drug-likeness (QED) is 0.315. The van der Waals surface area contributed by atoms with Gasteiger partial charge in [-0.05, 0) is 0 Å². The van der Waals surface area contributed by atoms with E-state index in [9.17, 15) is 19.2 Å². The van der Waals surface area contributed by atoms with Crippen molar-refractivity contribution in [2.24, 2.45) is 5.73 Å². The third kappa shape index (κ3) is 4.99. The van der Waals surface area contributed by atoms with E-state index in [2.05, 4.69) is 4.74 Å². The van der Waals surface area contributed by atoms with E-state index in [1.807, 2.05) is 0 Å². The summed E-state index contributed by atoms with van der Waals surface area (Å²) in [5.41, 5.74) is 4.84. The van der Waals surface area contributed by atoms with Crippen molar-refractivity contribution in [3.8, 4) is 0 Å². The summed E-state index contributed by atoms with van der Waals surface area (Å²) < 4.78 is 4.08. The third-order valence-corrected chi connectivity index (χ3v) is 1.19. The maximum absolute atomic E-state index is 10.7. The number of nitrogens with two attached hydrogens (primary N) is 1. The number of carbonyl (C=O) groups excluding carboxylic acids is 3. The van der Waals surface area contributed by atoms with Crippen molar-refractivity contribution in [3.63, 3.8) is 0 Å². The maximum atomic E-state index is 10.7. The zero-order valence-electron chi connectivity index (χ0n) is 7.19. The first-order valence-corrected chi connectivity index (χ1v) is 3.67. The van der Waals surface area contributed by atoms with Crippen LogP contribution in [0.4, 0.5) is 0 Å². The number of esters is 2. The van der Waals surface area contributed by atoms with Gasteiger partial charge in [0.05, 0.1) is 13.0 Å². The number of ketones is 1. The van der Waals surface area contributed by atoms with Crippen LogP contribution in [-0.2, 0) is 23.9 Å². The number of carboxylic acids is 1. The molecular weight excluding hydrogens is 194 g/mol. The van der Waals surface area contributed by atoms with Gasteiger partial charge in [0.25, 0.3) is 0 Å². The van der Waals surface area contributed by atoms with Gasteiger partial charge in [-0.2, -0.15) is 0 Å².